The normalized spacial score (nSPS) is 16.6. The molecule has 1 aromatic rings. The lowest BCUT2D eigenvalue weighted by molar-refractivity contribution is -0.183. The second kappa shape index (κ2) is 3.60. The molecule has 1 heterocycles. The Hall–Kier alpha value is -2.05. The minimum atomic E-state index is -0.910. The van der Waals surface area contributed by atoms with Crippen molar-refractivity contribution in [2.24, 2.45) is 0 Å². The Kier molecular flexibility index (Phi) is 2.28. The van der Waals surface area contributed by atoms with Crippen LogP contribution >= 0.6 is 0 Å². The highest BCUT2D eigenvalue weighted by molar-refractivity contribution is 5.98. The van der Waals surface area contributed by atoms with Crippen molar-refractivity contribution in [2.75, 3.05) is 0 Å². The molecular formula is C9H9N3O3. The summed E-state index contributed by atoms with van der Waals surface area (Å²) < 4.78 is 0. The van der Waals surface area contributed by atoms with Crippen molar-refractivity contribution in [1.82, 2.24) is 16.1 Å². The predicted octanol–water partition coefficient (Wildman–Crippen LogP) is 0.154. The molecular weight excluding hydrogens is 198 g/mol. The summed E-state index contributed by atoms with van der Waals surface area (Å²) in [6.45, 7) is 0. The molecule has 0 fully saturated rings. The zero-order valence-electron chi connectivity index (χ0n) is 7.64. The van der Waals surface area contributed by atoms with Gasteiger partial charge in [0.25, 0.3) is 0 Å². The minimum absolute atomic E-state index is 0.168. The zero-order valence-corrected chi connectivity index (χ0v) is 7.64. The molecule has 1 aromatic carbocycles. The fourth-order valence-corrected chi connectivity index (χ4v) is 1.24. The zero-order chi connectivity index (χ0) is 10.8. The number of nitrogens with zero attached hydrogens (tertiary/aromatic N) is 1. The molecule has 0 saturated heterocycles. The number of hydrazine groups is 2. The number of amides is 1. The van der Waals surface area contributed by atoms with Gasteiger partial charge >= 0.3 is 5.91 Å². The van der Waals surface area contributed by atoms with Gasteiger partial charge in [0, 0.05) is 5.56 Å². The molecule has 1 aliphatic rings. The van der Waals surface area contributed by atoms with Crippen molar-refractivity contribution in [2.45, 2.75) is 0 Å². The smallest absolute Gasteiger partial charge is 0.330 e. The van der Waals surface area contributed by atoms with Gasteiger partial charge < -0.3 is 5.11 Å². The Morgan fingerprint density at radius 2 is 1.87 bits per heavy atom. The number of hydrogen-bond acceptors (Lipinski definition) is 5. The first-order valence-corrected chi connectivity index (χ1v) is 4.24. The molecule has 15 heavy (non-hydrogen) atoms. The molecule has 0 spiro atoms. The molecule has 0 unspecified atom stereocenters. The Bertz CT molecular complexity index is 416. The van der Waals surface area contributed by atoms with Crippen molar-refractivity contribution < 1.29 is 15.1 Å². The lowest BCUT2D eigenvalue weighted by Gasteiger charge is -2.24. The molecule has 6 nitrogen and oxygen atoms in total. The third-order valence-corrected chi connectivity index (χ3v) is 1.98. The third-order valence-electron chi connectivity index (χ3n) is 1.98. The quantitative estimate of drug-likeness (QED) is 0.493. The summed E-state index contributed by atoms with van der Waals surface area (Å²) in [6, 6.07) is 8.80. The summed E-state index contributed by atoms with van der Waals surface area (Å²) in [5.41, 5.74) is 5.55. The van der Waals surface area contributed by atoms with Crippen LogP contribution < -0.4 is 11.0 Å². The van der Waals surface area contributed by atoms with Gasteiger partial charge in [-0.3, -0.25) is 15.4 Å². The molecule has 1 amide bonds. The van der Waals surface area contributed by atoms with E-state index in [1.54, 1.807) is 24.3 Å². The van der Waals surface area contributed by atoms with Crippen LogP contribution in [0.2, 0.25) is 0 Å². The predicted molar refractivity (Wildman–Crippen MR) is 50.9 cm³/mol. The summed E-state index contributed by atoms with van der Waals surface area (Å²) in [4.78, 5) is 11.2. The molecule has 0 bridgehead atoms. The van der Waals surface area contributed by atoms with E-state index in [2.05, 4.69) is 11.0 Å². The van der Waals surface area contributed by atoms with Gasteiger partial charge in [0.05, 0.1) is 0 Å². The van der Waals surface area contributed by atoms with Gasteiger partial charge in [-0.25, -0.2) is 0 Å². The van der Waals surface area contributed by atoms with E-state index in [1.165, 1.54) is 0 Å². The number of carbonyl (C=O) groups excluding carboxylic acids is 1. The molecule has 0 radical (unpaired) electrons. The van der Waals surface area contributed by atoms with Crippen LogP contribution in [0.15, 0.2) is 36.1 Å². The molecule has 6 heteroatoms. The molecule has 0 aliphatic carbocycles. The van der Waals surface area contributed by atoms with Crippen molar-refractivity contribution in [1.29, 1.82) is 0 Å². The summed E-state index contributed by atoms with van der Waals surface area (Å²) in [6.07, 6.45) is 0. The average Bonchev–Trinajstić information content (AvgIpc) is 2.27. The van der Waals surface area contributed by atoms with E-state index < -0.39 is 11.7 Å². The lowest BCUT2D eigenvalue weighted by atomic mass is 10.1. The Morgan fingerprint density at radius 3 is 2.53 bits per heavy atom. The fourth-order valence-electron chi connectivity index (χ4n) is 1.24. The van der Waals surface area contributed by atoms with Gasteiger partial charge in [-0.1, -0.05) is 30.3 Å². The number of rotatable bonds is 1. The maximum atomic E-state index is 11.2. The van der Waals surface area contributed by atoms with E-state index in [4.69, 9.17) is 5.21 Å². The van der Waals surface area contributed by atoms with E-state index in [1.807, 2.05) is 6.07 Å². The van der Waals surface area contributed by atoms with Crippen molar-refractivity contribution in [3.8, 4) is 0 Å². The van der Waals surface area contributed by atoms with Crippen LogP contribution in [0.5, 0.6) is 0 Å². The van der Waals surface area contributed by atoms with Crippen molar-refractivity contribution in [3.05, 3.63) is 41.7 Å². The number of aliphatic hydroxyl groups excluding tert-OH is 1. The number of hydroxylamine groups is 1. The molecule has 2 rings (SSSR count). The summed E-state index contributed by atoms with van der Waals surface area (Å²) in [5, 5.41) is 18.6. The lowest BCUT2D eigenvalue weighted by Crippen LogP contribution is -2.52. The van der Waals surface area contributed by atoms with Gasteiger partial charge in [-0.2, -0.15) is 0 Å². The third kappa shape index (κ3) is 1.63. The monoisotopic (exact) mass is 207 g/mol. The van der Waals surface area contributed by atoms with Gasteiger partial charge in [-0.15, -0.1) is 10.7 Å². The summed E-state index contributed by atoms with van der Waals surface area (Å²) >= 11 is 0. The largest absolute Gasteiger partial charge is 0.501 e. The second-order valence-corrected chi connectivity index (χ2v) is 2.94. The van der Waals surface area contributed by atoms with E-state index in [9.17, 15) is 9.90 Å². The van der Waals surface area contributed by atoms with Gasteiger partial charge in [-0.05, 0) is 0 Å². The van der Waals surface area contributed by atoms with Crippen LogP contribution in [-0.4, -0.2) is 21.4 Å². The van der Waals surface area contributed by atoms with E-state index in [0.717, 1.165) is 0 Å². The van der Waals surface area contributed by atoms with Gasteiger partial charge in [0.2, 0.25) is 5.76 Å². The van der Waals surface area contributed by atoms with E-state index in [0.29, 0.717) is 5.56 Å². The van der Waals surface area contributed by atoms with Crippen molar-refractivity contribution in [3.63, 3.8) is 0 Å². The maximum Gasteiger partial charge on any atom is 0.330 e. The molecule has 78 valence electrons. The van der Waals surface area contributed by atoms with E-state index >= 15 is 0 Å². The van der Waals surface area contributed by atoms with Crippen LogP contribution in [0.25, 0.3) is 5.70 Å². The van der Waals surface area contributed by atoms with Crippen molar-refractivity contribution >= 4 is 11.6 Å². The van der Waals surface area contributed by atoms with Crippen LogP contribution in [0, 0.1) is 0 Å². The first-order valence-electron chi connectivity index (χ1n) is 4.24. The maximum absolute atomic E-state index is 11.2. The molecule has 0 aromatic heterocycles. The van der Waals surface area contributed by atoms with Crippen LogP contribution in [0.4, 0.5) is 0 Å². The average molecular weight is 207 g/mol. The minimum Gasteiger partial charge on any atom is -0.501 e. The fraction of sp³-hybridized carbons (Fsp3) is 0. The standard InChI is InChI=1S/C9H9N3O3/c13-8-7(6-4-2-1-3-5-6)10-11-12(15)9(8)14/h1-5,10-11,13,15H. The number of benzene rings is 1. The molecule has 0 saturated carbocycles. The number of aliphatic hydroxyl groups is 1. The second-order valence-electron chi connectivity index (χ2n) is 2.94. The Morgan fingerprint density at radius 1 is 1.20 bits per heavy atom. The van der Waals surface area contributed by atoms with Gasteiger partial charge in [0.1, 0.15) is 5.70 Å². The Labute approximate surface area is 85.3 Å². The summed E-state index contributed by atoms with van der Waals surface area (Å²) in [5.74, 6) is -1.45. The van der Waals surface area contributed by atoms with Gasteiger partial charge in [0.15, 0.2) is 0 Å². The summed E-state index contributed by atoms with van der Waals surface area (Å²) in [7, 11) is 0. The van der Waals surface area contributed by atoms with Crippen LogP contribution in [-0.2, 0) is 4.79 Å². The SMILES string of the molecule is O=C1C(O)=C(c2ccccc2)NNN1O. The molecule has 1 aliphatic heterocycles. The van der Waals surface area contributed by atoms with Crippen LogP contribution in [0.3, 0.4) is 0 Å². The highest BCUT2D eigenvalue weighted by Gasteiger charge is 2.26. The Balaban J connectivity index is 2.42. The first-order chi connectivity index (χ1) is 7.20. The van der Waals surface area contributed by atoms with Crippen LogP contribution in [0.1, 0.15) is 5.56 Å². The number of nitrogens with one attached hydrogen (secondary N) is 2. The topological polar surface area (TPSA) is 84.8 Å². The molecule has 0 atom stereocenters. The molecule has 4 N–H and O–H groups in total. The number of hydrogen-bond donors (Lipinski definition) is 4. The first kappa shape index (κ1) is 9.50. The highest BCUT2D eigenvalue weighted by atomic mass is 16.6. The number of carbonyl (C=O) groups is 1. The highest BCUT2D eigenvalue weighted by Crippen LogP contribution is 2.16. The van der Waals surface area contributed by atoms with E-state index in [-0.39, 0.29) is 10.9 Å².